The summed E-state index contributed by atoms with van der Waals surface area (Å²) in [6.07, 6.45) is 3.33. The minimum atomic E-state index is 0.0784. The van der Waals surface area contributed by atoms with Crippen molar-refractivity contribution >= 4 is 5.65 Å². The lowest BCUT2D eigenvalue weighted by Crippen LogP contribution is -2.04. The summed E-state index contributed by atoms with van der Waals surface area (Å²) < 4.78 is 46.5. The summed E-state index contributed by atoms with van der Waals surface area (Å²) in [5.74, 6) is 4.54. The Labute approximate surface area is 424 Å². The fourth-order valence-corrected chi connectivity index (χ4v) is 8.13. The number of ether oxygens (including phenoxy) is 7. The molecule has 0 saturated heterocycles. The van der Waals surface area contributed by atoms with Gasteiger partial charge in [0.25, 0.3) is 0 Å². The number of imidazole rings is 1. The molecule has 0 spiro atoms. The van der Waals surface area contributed by atoms with Crippen molar-refractivity contribution in [1.82, 2.24) is 14.4 Å². The predicted molar refractivity (Wildman–Crippen MR) is 280 cm³/mol. The second-order valence-electron chi connectivity index (χ2n) is 17.4. The fraction of sp³-hybridized carbons (Fsp3) is 0.129. The topological polar surface area (TPSA) is 115 Å². The number of hydrogen-bond donors (Lipinski definition) is 1. The number of hydrogen-bond acceptors (Lipinski definition) is 10. The maximum Gasteiger partial charge on any atom is 0.219 e. The maximum atomic E-state index is 10.8. The molecule has 10 rings (SSSR count). The molecule has 73 heavy (non-hydrogen) atoms. The molecule has 2 aromatic heterocycles. The molecule has 0 fully saturated rings. The molecule has 11 nitrogen and oxygen atoms in total. The van der Waals surface area contributed by atoms with Crippen molar-refractivity contribution in [1.29, 1.82) is 0 Å². The second kappa shape index (κ2) is 23.1. The van der Waals surface area contributed by atoms with Crippen LogP contribution >= 0.6 is 0 Å². The summed E-state index contributed by atoms with van der Waals surface area (Å²) >= 11 is 0. The zero-order chi connectivity index (χ0) is 49.6. The van der Waals surface area contributed by atoms with Crippen LogP contribution in [0.2, 0.25) is 0 Å². The Hall–Kier alpha value is -9.22. The molecule has 364 valence electrons. The zero-order valence-corrected chi connectivity index (χ0v) is 40.3. The summed E-state index contributed by atoms with van der Waals surface area (Å²) in [7, 11) is 0. The molecule has 8 aromatic carbocycles. The highest BCUT2D eigenvalue weighted by atomic mass is 16.5. The number of aryl methyl sites for hydroxylation is 1. The minimum Gasteiger partial charge on any atom is -0.493 e. The number of aromatic hydroxyl groups is 1. The molecule has 0 unspecified atom stereocenters. The quantitative estimate of drug-likeness (QED) is 0.0704. The number of aromatic nitrogens is 3. The van der Waals surface area contributed by atoms with Gasteiger partial charge in [0.1, 0.15) is 92.2 Å². The SMILES string of the molecule is Cc1nc2cncc(-c3ccc(OCc4cc(OCc5cc(OCc6ccccc6)cc(OCc6ccccc6)c5)cc(OCc5cc(OCc6ccccc6)cc(OCc6ccccc6)c5)c4)cc3)n2c1O. The van der Waals surface area contributed by atoms with Crippen molar-refractivity contribution in [2.45, 2.75) is 53.2 Å². The number of rotatable bonds is 22. The van der Waals surface area contributed by atoms with Gasteiger partial charge < -0.3 is 38.3 Å². The van der Waals surface area contributed by atoms with Crippen molar-refractivity contribution in [2.75, 3.05) is 0 Å². The summed E-state index contributed by atoms with van der Waals surface area (Å²) in [6, 6.07) is 65.4. The highest BCUT2D eigenvalue weighted by Gasteiger charge is 2.15. The van der Waals surface area contributed by atoms with Gasteiger partial charge in [0.15, 0.2) is 5.65 Å². The van der Waals surface area contributed by atoms with Crippen molar-refractivity contribution in [3.05, 3.63) is 257 Å². The highest BCUT2D eigenvalue weighted by Crippen LogP contribution is 2.32. The molecule has 0 saturated carbocycles. The highest BCUT2D eigenvalue weighted by molar-refractivity contribution is 5.65. The van der Waals surface area contributed by atoms with Crippen LogP contribution in [0.1, 0.15) is 44.6 Å². The summed E-state index contributed by atoms with van der Waals surface area (Å²) in [6.45, 7) is 4.01. The molecule has 0 bridgehead atoms. The number of nitrogens with zero attached hydrogens (tertiary/aromatic N) is 3. The normalized spacial score (nSPS) is 11.0. The molecule has 11 heteroatoms. The molecule has 0 aliphatic carbocycles. The van der Waals surface area contributed by atoms with Crippen molar-refractivity contribution in [3.63, 3.8) is 0 Å². The lowest BCUT2D eigenvalue weighted by atomic mass is 10.1. The largest absolute Gasteiger partial charge is 0.493 e. The van der Waals surface area contributed by atoms with Gasteiger partial charge in [-0.3, -0.25) is 9.38 Å². The first-order valence-corrected chi connectivity index (χ1v) is 24.0. The van der Waals surface area contributed by atoms with E-state index in [2.05, 4.69) is 9.97 Å². The van der Waals surface area contributed by atoms with E-state index in [0.29, 0.717) is 83.7 Å². The minimum absolute atomic E-state index is 0.0784. The third-order valence-electron chi connectivity index (χ3n) is 11.9. The summed E-state index contributed by atoms with van der Waals surface area (Å²) in [5, 5.41) is 10.8. The van der Waals surface area contributed by atoms with Crippen LogP contribution in [0.5, 0.6) is 46.1 Å². The Balaban J connectivity index is 0.900. The molecule has 1 N–H and O–H groups in total. The Kier molecular flexibility index (Phi) is 15.0. The third-order valence-corrected chi connectivity index (χ3v) is 11.9. The molecule has 0 amide bonds. The molecule has 0 aliphatic heterocycles. The van der Waals surface area contributed by atoms with Crippen molar-refractivity contribution in [3.8, 4) is 57.4 Å². The second-order valence-corrected chi connectivity index (χ2v) is 17.4. The monoisotopic (exact) mass is 967 g/mol. The van der Waals surface area contributed by atoms with Crippen LogP contribution in [0.3, 0.4) is 0 Å². The van der Waals surface area contributed by atoms with Gasteiger partial charge in [0, 0.05) is 23.8 Å². The van der Waals surface area contributed by atoms with Crippen LogP contribution in [0, 0.1) is 6.92 Å². The fourth-order valence-electron chi connectivity index (χ4n) is 8.13. The smallest absolute Gasteiger partial charge is 0.219 e. The van der Waals surface area contributed by atoms with Crippen LogP contribution in [0.25, 0.3) is 16.9 Å². The first kappa shape index (κ1) is 47.5. The Morgan fingerprint density at radius 2 is 0.671 bits per heavy atom. The van der Waals surface area contributed by atoms with Crippen molar-refractivity contribution < 1.29 is 38.3 Å². The van der Waals surface area contributed by atoms with Gasteiger partial charge in [0.05, 0.1) is 18.1 Å². The third kappa shape index (κ3) is 13.0. The molecule has 0 atom stereocenters. The van der Waals surface area contributed by atoms with Gasteiger partial charge in [-0.15, -0.1) is 0 Å². The average Bonchev–Trinajstić information content (AvgIpc) is 3.74. The lowest BCUT2D eigenvalue weighted by Gasteiger charge is -2.16. The first-order chi connectivity index (χ1) is 35.9. The van der Waals surface area contributed by atoms with Gasteiger partial charge in [-0.1, -0.05) is 121 Å². The van der Waals surface area contributed by atoms with Crippen molar-refractivity contribution in [2.24, 2.45) is 0 Å². The molecule has 10 aromatic rings. The van der Waals surface area contributed by atoms with Gasteiger partial charge in [0.2, 0.25) is 5.88 Å². The Morgan fingerprint density at radius 1 is 0.356 bits per heavy atom. The molecular formula is C62H53N3O8. The van der Waals surface area contributed by atoms with E-state index in [1.54, 1.807) is 23.7 Å². The van der Waals surface area contributed by atoms with E-state index in [1.807, 2.05) is 200 Å². The number of fused-ring (bicyclic) bond motifs is 1. The van der Waals surface area contributed by atoms with Gasteiger partial charge in [-0.2, -0.15) is 0 Å². The first-order valence-electron chi connectivity index (χ1n) is 24.0. The van der Waals surface area contributed by atoms with E-state index in [4.69, 9.17) is 33.2 Å². The van der Waals surface area contributed by atoms with Gasteiger partial charge in [-0.05, 0) is 107 Å². The lowest BCUT2D eigenvalue weighted by molar-refractivity contribution is 0.273. The van der Waals surface area contributed by atoms with Crippen LogP contribution in [-0.2, 0) is 46.2 Å². The van der Waals surface area contributed by atoms with E-state index < -0.39 is 0 Å². The van der Waals surface area contributed by atoms with Crippen LogP contribution in [0.4, 0.5) is 0 Å². The Morgan fingerprint density at radius 3 is 1.01 bits per heavy atom. The van der Waals surface area contributed by atoms with Crippen LogP contribution < -0.4 is 33.2 Å². The molecular weight excluding hydrogens is 915 g/mol. The van der Waals surface area contributed by atoms with Crippen LogP contribution in [-0.4, -0.2) is 19.5 Å². The van der Waals surface area contributed by atoms with Gasteiger partial charge in [-0.25, -0.2) is 4.98 Å². The molecule has 0 radical (unpaired) electrons. The summed E-state index contributed by atoms with van der Waals surface area (Å²) in [4.78, 5) is 8.77. The standard InChI is InChI=1S/C62H53N3O8/c1-44-62(66)65-60(35-63-36-61(65)64-44)52-22-24-53(25-23-52)67-41-49-26-58(72-42-50-28-54(68-37-45-14-6-2-7-15-45)32-55(29-50)69-38-46-16-8-3-9-17-46)34-59(27-49)73-43-51-30-56(70-39-47-18-10-4-11-19-47)33-57(31-51)71-40-48-20-12-5-13-21-48/h2-36,66H,37-43H2,1H3. The summed E-state index contributed by atoms with van der Waals surface area (Å²) in [5.41, 5.74) is 9.41. The van der Waals surface area contributed by atoms with Gasteiger partial charge >= 0.3 is 0 Å². The van der Waals surface area contributed by atoms with E-state index in [1.165, 1.54) is 0 Å². The van der Waals surface area contributed by atoms with E-state index in [9.17, 15) is 5.11 Å². The van der Waals surface area contributed by atoms with Crippen LogP contribution in [0.15, 0.2) is 213 Å². The average molecular weight is 968 g/mol. The number of benzene rings is 8. The molecule has 2 heterocycles. The Bertz CT molecular complexity index is 3090. The maximum absolute atomic E-state index is 10.8. The molecule has 0 aliphatic rings. The zero-order valence-electron chi connectivity index (χ0n) is 40.3. The van der Waals surface area contributed by atoms with E-state index >= 15 is 0 Å². The predicted octanol–water partition coefficient (Wildman–Crippen LogP) is 13.5. The van der Waals surface area contributed by atoms with E-state index in [0.717, 1.165) is 44.5 Å². The van der Waals surface area contributed by atoms with E-state index in [-0.39, 0.29) is 25.7 Å².